The van der Waals surface area contributed by atoms with E-state index in [-0.39, 0.29) is 12.1 Å². The van der Waals surface area contributed by atoms with E-state index in [4.69, 9.17) is 10.5 Å². The molecule has 2 aromatic carbocycles. The van der Waals surface area contributed by atoms with Gasteiger partial charge in [-0.1, -0.05) is 12.1 Å². The summed E-state index contributed by atoms with van der Waals surface area (Å²) in [6.07, 6.45) is 6.11. The fourth-order valence-electron chi connectivity index (χ4n) is 4.59. The van der Waals surface area contributed by atoms with Crippen molar-refractivity contribution in [2.75, 3.05) is 24.2 Å². The topological polar surface area (TPSA) is 93.3 Å². The van der Waals surface area contributed by atoms with Crippen molar-refractivity contribution in [3.63, 3.8) is 0 Å². The molecule has 3 aromatic rings. The molecule has 0 atom stereocenters. The summed E-state index contributed by atoms with van der Waals surface area (Å²) in [5, 5.41) is 10.3. The Morgan fingerprint density at radius 1 is 1.12 bits per heavy atom. The SMILES string of the molecule is CC(C)NC(=O)Nc1ccc(-c2c(N)c3ccc(OCCNC4CC4)cc3n2C2CCC2)cc1. The number of amides is 2. The number of fused-ring (bicyclic) bond motifs is 1. The largest absolute Gasteiger partial charge is 0.492 e. The molecule has 5 rings (SSSR count). The predicted octanol–water partition coefficient (Wildman–Crippen LogP) is 5.28. The van der Waals surface area contributed by atoms with Crippen LogP contribution in [0.1, 0.15) is 52.0 Å². The zero-order valence-corrected chi connectivity index (χ0v) is 20.1. The van der Waals surface area contributed by atoms with Crippen molar-refractivity contribution in [2.24, 2.45) is 0 Å². The Balaban J connectivity index is 1.41. The van der Waals surface area contributed by atoms with Crippen molar-refractivity contribution in [2.45, 2.75) is 64.1 Å². The molecule has 0 bridgehead atoms. The van der Waals surface area contributed by atoms with Crippen molar-refractivity contribution < 1.29 is 9.53 Å². The highest BCUT2D eigenvalue weighted by Crippen LogP contribution is 2.44. The van der Waals surface area contributed by atoms with E-state index in [1.54, 1.807) is 0 Å². The molecule has 2 saturated carbocycles. The molecule has 180 valence electrons. The molecular weight excluding hydrogens is 426 g/mol. The second-order valence-electron chi connectivity index (χ2n) is 9.80. The highest BCUT2D eigenvalue weighted by atomic mass is 16.5. The van der Waals surface area contributed by atoms with Crippen molar-refractivity contribution in [3.05, 3.63) is 42.5 Å². The van der Waals surface area contributed by atoms with Crippen LogP contribution in [0.5, 0.6) is 5.75 Å². The lowest BCUT2D eigenvalue weighted by molar-refractivity contribution is 0.250. The van der Waals surface area contributed by atoms with E-state index in [2.05, 4.69) is 32.7 Å². The van der Waals surface area contributed by atoms with Gasteiger partial charge in [0.05, 0.1) is 16.9 Å². The summed E-state index contributed by atoms with van der Waals surface area (Å²) in [7, 11) is 0. The smallest absolute Gasteiger partial charge is 0.319 e. The number of urea groups is 1. The minimum atomic E-state index is -0.203. The van der Waals surface area contributed by atoms with Gasteiger partial charge in [-0.05, 0) is 70.2 Å². The first-order chi connectivity index (χ1) is 16.5. The van der Waals surface area contributed by atoms with Gasteiger partial charge in [-0.2, -0.15) is 0 Å². The van der Waals surface area contributed by atoms with Gasteiger partial charge in [-0.3, -0.25) is 0 Å². The third-order valence-corrected chi connectivity index (χ3v) is 6.67. The van der Waals surface area contributed by atoms with Gasteiger partial charge in [-0.15, -0.1) is 0 Å². The van der Waals surface area contributed by atoms with Crippen LogP contribution in [0, 0.1) is 0 Å². The number of carbonyl (C=O) groups is 1. The molecule has 7 nitrogen and oxygen atoms in total. The third-order valence-electron chi connectivity index (χ3n) is 6.67. The van der Waals surface area contributed by atoms with E-state index in [9.17, 15) is 4.79 Å². The number of benzene rings is 2. The minimum absolute atomic E-state index is 0.0839. The number of nitrogens with zero attached hydrogens (tertiary/aromatic N) is 1. The van der Waals surface area contributed by atoms with Gasteiger partial charge < -0.3 is 31.0 Å². The van der Waals surface area contributed by atoms with Crippen LogP contribution in [-0.2, 0) is 0 Å². The van der Waals surface area contributed by atoms with Gasteiger partial charge in [0.25, 0.3) is 0 Å². The number of nitrogens with two attached hydrogens (primary N) is 1. The van der Waals surface area contributed by atoms with E-state index < -0.39 is 0 Å². The molecule has 0 radical (unpaired) electrons. The van der Waals surface area contributed by atoms with Gasteiger partial charge >= 0.3 is 6.03 Å². The van der Waals surface area contributed by atoms with Crippen LogP contribution in [0.3, 0.4) is 0 Å². The van der Waals surface area contributed by atoms with Crippen LogP contribution in [0.4, 0.5) is 16.2 Å². The number of ether oxygens (including phenoxy) is 1. The summed E-state index contributed by atoms with van der Waals surface area (Å²) in [6, 6.07) is 15.2. The molecule has 2 fully saturated rings. The first-order valence-corrected chi connectivity index (χ1v) is 12.5. The zero-order chi connectivity index (χ0) is 23.7. The maximum Gasteiger partial charge on any atom is 0.319 e. The highest BCUT2D eigenvalue weighted by molar-refractivity contribution is 6.02. The minimum Gasteiger partial charge on any atom is -0.492 e. The van der Waals surface area contributed by atoms with Crippen molar-refractivity contribution in [1.29, 1.82) is 0 Å². The second kappa shape index (κ2) is 9.58. The van der Waals surface area contributed by atoms with Gasteiger partial charge in [0, 0.05) is 47.4 Å². The van der Waals surface area contributed by atoms with E-state index in [0.717, 1.165) is 58.7 Å². The first kappa shape index (κ1) is 22.6. The van der Waals surface area contributed by atoms with Crippen molar-refractivity contribution in [3.8, 4) is 17.0 Å². The maximum atomic E-state index is 12.0. The average Bonchev–Trinajstić information content (AvgIpc) is 3.55. The number of anilines is 2. The lowest BCUT2D eigenvalue weighted by Gasteiger charge is -2.30. The van der Waals surface area contributed by atoms with Crippen LogP contribution in [0.25, 0.3) is 22.2 Å². The Morgan fingerprint density at radius 2 is 1.88 bits per heavy atom. The number of hydrogen-bond acceptors (Lipinski definition) is 4. The standard InChI is InChI=1S/C27H35N5O2/c1-17(2)30-27(33)31-20-8-6-18(7-9-20)26-25(28)23-13-12-22(34-15-14-29-19-10-11-19)16-24(23)32(26)21-4-3-5-21/h6-9,12-13,16-17,19,21,29H,3-5,10-11,14-15,28H2,1-2H3,(H2,30,31,33). The molecule has 2 amide bonds. The van der Waals surface area contributed by atoms with Crippen LogP contribution in [-0.4, -0.2) is 35.8 Å². The molecular formula is C27H35N5O2. The monoisotopic (exact) mass is 461 g/mol. The fourth-order valence-corrected chi connectivity index (χ4v) is 4.59. The molecule has 7 heteroatoms. The van der Waals surface area contributed by atoms with Gasteiger partial charge in [0.15, 0.2) is 0 Å². The van der Waals surface area contributed by atoms with Crippen LogP contribution in [0.15, 0.2) is 42.5 Å². The molecule has 5 N–H and O–H groups in total. The molecule has 0 aliphatic heterocycles. The van der Waals surface area contributed by atoms with Crippen LogP contribution < -0.4 is 26.4 Å². The number of nitrogen functional groups attached to an aromatic ring is 1. The molecule has 34 heavy (non-hydrogen) atoms. The summed E-state index contributed by atoms with van der Waals surface area (Å²) in [4.78, 5) is 12.0. The number of aromatic nitrogens is 1. The van der Waals surface area contributed by atoms with Gasteiger partial charge in [0.2, 0.25) is 0 Å². The molecule has 0 spiro atoms. The Labute approximate surface area is 201 Å². The Bertz CT molecular complexity index is 1160. The van der Waals surface area contributed by atoms with Crippen molar-refractivity contribution >= 4 is 28.3 Å². The number of carbonyl (C=O) groups excluding carboxylic acids is 1. The summed E-state index contributed by atoms with van der Waals surface area (Å²) in [5.41, 5.74) is 11.5. The van der Waals surface area contributed by atoms with E-state index >= 15 is 0 Å². The number of rotatable bonds is 9. The fraction of sp³-hybridized carbons (Fsp3) is 0.444. The van der Waals surface area contributed by atoms with Crippen LogP contribution >= 0.6 is 0 Å². The van der Waals surface area contributed by atoms with Crippen LogP contribution in [0.2, 0.25) is 0 Å². The lowest BCUT2D eigenvalue weighted by atomic mass is 9.92. The summed E-state index contributed by atoms with van der Waals surface area (Å²) < 4.78 is 8.45. The first-order valence-electron chi connectivity index (χ1n) is 12.5. The summed E-state index contributed by atoms with van der Waals surface area (Å²) >= 11 is 0. The number of nitrogens with one attached hydrogen (secondary N) is 3. The highest BCUT2D eigenvalue weighted by Gasteiger charge is 2.27. The predicted molar refractivity (Wildman–Crippen MR) is 138 cm³/mol. The summed E-state index contributed by atoms with van der Waals surface area (Å²) in [5.74, 6) is 0.880. The zero-order valence-electron chi connectivity index (χ0n) is 20.1. The molecule has 2 aliphatic rings. The molecule has 1 aromatic heterocycles. The van der Waals surface area contributed by atoms with Gasteiger partial charge in [0.1, 0.15) is 12.4 Å². The summed E-state index contributed by atoms with van der Waals surface area (Å²) in [6.45, 7) is 5.40. The third kappa shape index (κ3) is 4.85. The Kier molecular flexibility index (Phi) is 6.37. The Hall–Kier alpha value is -3.19. The maximum absolute atomic E-state index is 12.0. The Morgan fingerprint density at radius 3 is 2.53 bits per heavy atom. The molecule has 1 heterocycles. The molecule has 0 saturated heterocycles. The van der Waals surface area contributed by atoms with Crippen molar-refractivity contribution in [1.82, 2.24) is 15.2 Å². The average molecular weight is 462 g/mol. The molecule has 0 unspecified atom stereocenters. The van der Waals surface area contributed by atoms with Gasteiger partial charge in [-0.25, -0.2) is 4.79 Å². The lowest BCUT2D eigenvalue weighted by Crippen LogP contribution is -2.34. The normalized spacial score (nSPS) is 16.0. The van der Waals surface area contributed by atoms with E-state index in [1.165, 1.54) is 19.3 Å². The second-order valence-corrected chi connectivity index (χ2v) is 9.80. The van der Waals surface area contributed by atoms with E-state index in [1.807, 2.05) is 44.2 Å². The van der Waals surface area contributed by atoms with E-state index in [0.29, 0.717) is 18.7 Å². The molecule has 2 aliphatic carbocycles. The number of hydrogen-bond donors (Lipinski definition) is 4. The quantitative estimate of drug-likeness (QED) is 0.326.